The minimum absolute atomic E-state index is 0.936. The summed E-state index contributed by atoms with van der Waals surface area (Å²) in [7, 11) is 0. The second-order valence-electron chi connectivity index (χ2n) is 15.3. The van der Waals surface area contributed by atoms with Crippen LogP contribution in [0.15, 0.2) is 206 Å². The highest BCUT2D eigenvalue weighted by molar-refractivity contribution is 7.26. The number of aromatic nitrogens is 2. The van der Waals surface area contributed by atoms with Crippen molar-refractivity contribution in [1.29, 1.82) is 0 Å². The van der Waals surface area contributed by atoms with E-state index in [2.05, 4.69) is 206 Å². The second-order valence-corrected chi connectivity index (χ2v) is 16.3. The molecule has 0 radical (unpaired) electrons. The van der Waals surface area contributed by atoms with E-state index in [9.17, 15) is 0 Å². The fourth-order valence-electron chi connectivity index (χ4n) is 9.01. The Bertz CT molecular complexity index is 3620. The molecule has 3 aromatic heterocycles. The van der Waals surface area contributed by atoms with Gasteiger partial charge in [0.05, 0.1) is 27.3 Å². The molecule has 2 nitrogen and oxygen atoms in total. The zero-order valence-corrected chi connectivity index (χ0v) is 32.7. The van der Waals surface area contributed by atoms with Crippen molar-refractivity contribution in [1.82, 2.24) is 9.97 Å². The summed E-state index contributed by atoms with van der Waals surface area (Å²) in [6.07, 6.45) is 0. The minimum atomic E-state index is 0.936. The van der Waals surface area contributed by atoms with Crippen LogP contribution in [-0.2, 0) is 0 Å². The van der Waals surface area contributed by atoms with Crippen molar-refractivity contribution in [3.8, 4) is 56.0 Å². The van der Waals surface area contributed by atoms with Crippen LogP contribution in [0, 0.1) is 0 Å². The van der Waals surface area contributed by atoms with Gasteiger partial charge in [-0.3, -0.25) is 0 Å². The van der Waals surface area contributed by atoms with Crippen LogP contribution in [0.25, 0.3) is 119 Å². The van der Waals surface area contributed by atoms with Gasteiger partial charge in [0.15, 0.2) is 0 Å². The first kappa shape index (κ1) is 33.7. The van der Waals surface area contributed by atoms with Gasteiger partial charge in [0.1, 0.15) is 0 Å². The Hall–Kier alpha value is -7.46. The van der Waals surface area contributed by atoms with E-state index in [-0.39, 0.29) is 0 Å². The fourth-order valence-corrected chi connectivity index (χ4v) is 10.2. The zero-order valence-electron chi connectivity index (χ0n) is 31.9. The SMILES string of the molecule is c1ccc(-c2cc(-c3cccc(-c4ccc5c(ccc6ccccc65)c4)c3)cc(-c3ccc(-c4nc5ccccc5c5c4sc4ccccc45)c4ccccc34)n2)cc1. The van der Waals surface area contributed by atoms with Crippen LogP contribution >= 0.6 is 11.3 Å². The number of hydrogen-bond donors (Lipinski definition) is 0. The van der Waals surface area contributed by atoms with Crippen molar-refractivity contribution >= 4 is 74.7 Å². The highest BCUT2D eigenvalue weighted by atomic mass is 32.1. The van der Waals surface area contributed by atoms with Crippen LogP contribution in [0.3, 0.4) is 0 Å². The summed E-state index contributed by atoms with van der Waals surface area (Å²) in [4.78, 5) is 10.8. The molecule has 0 aliphatic rings. The summed E-state index contributed by atoms with van der Waals surface area (Å²) in [6, 6.07) is 74.4. The van der Waals surface area contributed by atoms with Crippen molar-refractivity contribution in [2.45, 2.75) is 0 Å². The largest absolute Gasteiger partial charge is 0.248 e. The van der Waals surface area contributed by atoms with Crippen LogP contribution in [-0.4, -0.2) is 9.97 Å². The number of benzene rings is 9. The highest BCUT2D eigenvalue weighted by Gasteiger charge is 2.20. The first-order valence-electron chi connectivity index (χ1n) is 20.1. The zero-order chi connectivity index (χ0) is 38.9. The third-order valence-electron chi connectivity index (χ3n) is 11.8. The fraction of sp³-hybridized carbons (Fsp3) is 0. The Morgan fingerprint density at radius 1 is 0.322 bits per heavy atom. The molecule has 0 fully saturated rings. The summed E-state index contributed by atoms with van der Waals surface area (Å²) >= 11 is 1.83. The normalized spacial score (nSPS) is 11.7. The number of para-hydroxylation sites is 1. The molecule has 59 heavy (non-hydrogen) atoms. The number of hydrogen-bond acceptors (Lipinski definition) is 3. The van der Waals surface area contributed by atoms with E-state index < -0.39 is 0 Å². The molecule has 9 aromatic carbocycles. The summed E-state index contributed by atoms with van der Waals surface area (Å²) in [6.45, 7) is 0. The molecule has 0 N–H and O–H groups in total. The van der Waals surface area contributed by atoms with Gasteiger partial charge >= 0.3 is 0 Å². The van der Waals surface area contributed by atoms with E-state index in [1.54, 1.807) is 0 Å². The Kier molecular flexibility index (Phi) is 7.75. The number of rotatable bonds is 5. The van der Waals surface area contributed by atoms with E-state index in [0.29, 0.717) is 0 Å². The topological polar surface area (TPSA) is 25.8 Å². The van der Waals surface area contributed by atoms with Crippen LogP contribution < -0.4 is 0 Å². The minimum Gasteiger partial charge on any atom is -0.248 e. The molecular weight excluding hydrogens is 733 g/mol. The molecular formula is C56H34N2S. The van der Waals surface area contributed by atoms with Crippen LogP contribution in [0.1, 0.15) is 0 Å². The Balaban J connectivity index is 1.03. The Morgan fingerprint density at radius 3 is 1.80 bits per heavy atom. The smallest absolute Gasteiger partial charge is 0.0894 e. The third-order valence-corrected chi connectivity index (χ3v) is 13.0. The van der Waals surface area contributed by atoms with Crippen molar-refractivity contribution < 1.29 is 0 Å². The van der Waals surface area contributed by atoms with Gasteiger partial charge < -0.3 is 0 Å². The molecule has 3 heterocycles. The summed E-state index contributed by atoms with van der Waals surface area (Å²) in [5.74, 6) is 0. The van der Waals surface area contributed by atoms with Gasteiger partial charge in [-0.2, -0.15) is 0 Å². The molecule has 0 atom stereocenters. The number of thiophene rings is 1. The average molecular weight is 767 g/mol. The first-order chi connectivity index (χ1) is 29.2. The molecule has 3 heteroatoms. The molecule has 274 valence electrons. The van der Waals surface area contributed by atoms with Crippen LogP contribution in [0.4, 0.5) is 0 Å². The molecule has 0 amide bonds. The van der Waals surface area contributed by atoms with Gasteiger partial charge in [-0.15, -0.1) is 11.3 Å². The standard InChI is InChI=1S/C56H34N2S/c1-2-14-36(15-3-1)51-33-41(38-17-12-16-37(31-38)39-27-28-43-40(32-39)26-25-35-13-4-5-18-42(35)43)34-52(57-51)46-29-30-47(45-20-7-6-19-44(45)46)55-56-54(48-21-8-10-23-50(48)58-55)49-22-9-11-24-53(49)59-56/h1-34H. The third kappa shape index (κ3) is 5.62. The molecule has 0 saturated heterocycles. The molecule has 0 bridgehead atoms. The van der Waals surface area contributed by atoms with Crippen LogP contribution in [0.5, 0.6) is 0 Å². The lowest BCUT2D eigenvalue weighted by Gasteiger charge is -2.15. The molecule has 0 aliphatic carbocycles. The summed E-state index contributed by atoms with van der Waals surface area (Å²) < 4.78 is 2.49. The van der Waals surface area contributed by atoms with E-state index in [1.807, 2.05) is 11.3 Å². The first-order valence-corrected chi connectivity index (χ1v) is 20.9. The van der Waals surface area contributed by atoms with Crippen molar-refractivity contribution in [2.75, 3.05) is 0 Å². The quantitative estimate of drug-likeness (QED) is 0.163. The highest BCUT2D eigenvalue weighted by Crippen LogP contribution is 2.45. The molecule has 12 aromatic rings. The maximum absolute atomic E-state index is 5.40. The van der Waals surface area contributed by atoms with Gasteiger partial charge in [-0.05, 0) is 91.0 Å². The Morgan fingerprint density at radius 2 is 0.932 bits per heavy atom. The van der Waals surface area contributed by atoms with E-state index in [4.69, 9.17) is 9.97 Å². The maximum atomic E-state index is 5.40. The lowest BCUT2D eigenvalue weighted by molar-refractivity contribution is 1.33. The monoisotopic (exact) mass is 766 g/mol. The van der Waals surface area contributed by atoms with E-state index in [0.717, 1.165) is 61.2 Å². The van der Waals surface area contributed by atoms with Gasteiger partial charge in [-0.1, -0.05) is 170 Å². The van der Waals surface area contributed by atoms with Crippen LogP contribution in [0.2, 0.25) is 0 Å². The van der Waals surface area contributed by atoms with Gasteiger partial charge in [0.25, 0.3) is 0 Å². The maximum Gasteiger partial charge on any atom is 0.0894 e. The molecule has 12 rings (SSSR count). The number of fused-ring (bicyclic) bond motifs is 9. The lowest BCUT2D eigenvalue weighted by Crippen LogP contribution is -1.94. The predicted octanol–water partition coefficient (Wildman–Crippen LogP) is 15.8. The number of pyridine rings is 2. The number of nitrogens with zero attached hydrogens (tertiary/aromatic N) is 2. The molecule has 0 aliphatic heterocycles. The second kappa shape index (κ2) is 13.6. The van der Waals surface area contributed by atoms with Gasteiger partial charge in [0.2, 0.25) is 0 Å². The summed E-state index contributed by atoms with van der Waals surface area (Å²) in [5.41, 5.74) is 11.9. The predicted molar refractivity (Wildman–Crippen MR) is 252 cm³/mol. The van der Waals surface area contributed by atoms with Crippen molar-refractivity contribution in [3.05, 3.63) is 206 Å². The van der Waals surface area contributed by atoms with Crippen molar-refractivity contribution in [2.24, 2.45) is 0 Å². The van der Waals surface area contributed by atoms with E-state index >= 15 is 0 Å². The van der Waals surface area contributed by atoms with Crippen molar-refractivity contribution in [3.63, 3.8) is 0 Å². The van der Waals surface area contributed by atoms with E-state index in [1.165, 1.54) is 58.2 Å². The lowest BCUT2D eigenvalue weighted by atomic mass is 9.92. The molecule has 0 spiro atoms. The molecule has 0 unspecified atom stereocenters. The molecule has 0 saturated carbocycles. The summed E-state index contributed by atoms with van der Waals surface area (Å²) in [5, 5.41) is 11.1. The Labute approximate surface area is 345 Å². The van der Waals surface area contributed by atoms with Gasteiger partial charge in [0, 0.05) is 37.5 Å². The van der Waals surface area contributed by atoms with Gasteiger partial charge in [-0.25, -0.2) is 9.97 Å². The average Bonchev–Trinajstić information content (AvgIpc) is 3.71.